The first-order valence-corrected chi connectivity index (χ1v) is 17.9. The van der Waals surface area contributed by atoms with Gasteiger partial charge in [0, 0.05) is 13.1 Å². The summed E-state index contributed by atoms with van der Waals surface area (Å²) in [6, 6.07) is 0.00231. The predicted octanol–water partition coefficient (Wildman–Crippen LogP) is 10.4. The Balaban J connectivity index is 1.89. The van der Waals surface area contributed by atoms with E-state index in [9.17, 15) is 4.79 Å². The number of rotatable bonds is 25. The third kappa shape index (κ3) is 19.4. The molecule has 4 heteroatoms. The molecule has 0 saturated heterocycles. The molecule has 0 aromatic carbocycles. The lowest BCUT2D eigenvalue weighted by Crippen LogP contribution is -2.47. The second-order valence-corrected chi connectivity index (χ2v) is 14.7. The van der Waals surface area contributed by atoms with E-state index in [1.165, 1.54) is 128 Å². The van der Waals surface area contributed by atoms with Crippen LogP contribution in [0.2, 0.25) is 0 Å². The number of carbonyl (C=O) groups excluding carboxylic acids is 1. The van der Waals surface area contributed by atoms with E-state index >= 15 is 0 Å². The Morgan fingerprint density at radius 3 is 1.70 bits per heavy atom. The Hall–Kier alpha value is -0.770. The summed E-state index contributed by atoms with van der Waals surface area (Å²) in [5.41, 5.74) is 0.555. The molecule has 0 aliphatic heterocycles. The normalized spacial score (nSPS) is 21.3. The fourth-order valence-corrected chi connectivity index (χ4v) is 7.28. The molecular formula is C36H73N3O. The topological polar surface area (TPSA) is 53.2 Å². The van der Waals surface area contributed by atoms with Gasteiger partial charge in [0.25, 0.3) is 0 Å². The minimum absolute atomic E-state index is 0.00231. The third-order valence-corrected chi connectivity index (χ3v) is 9.62. The minimum atomic E-state index is 0.00231. The molecule has 1 rings (SSSR count). The summed E-state index contributed by atoms with van der Waals surface area (Å²) < 4.78 is 0. The minimum Gasteiger partial charge on any atom is -0.338 e. The van der Waals surface area contributed by atoms with Crippen LogP contribution in [-0.4, -0.2) is 32.2 Å². The lowest BCUT2D eigenvalue weighted by Gasteiger charge is -2.48. The Morgan fingerprint density at radius 1 is 0.675 bits per heavy atom. The molecule has 1 aliphatic rings. The molecular weight excluding hydrogens is 490 g/mol. The van der Waals surface area contributed by atoms with Gasteiger partial charge in [0.2, 0.25) is 0 Å². The molecule has 1 fully saturated rings. The first-order valence-electron chi connectivity index (χ1n) is 17.9. The molecule has 0 bridgehead atoms. The zero-order valence-electron chi connectivity index (χ0n) is 28.2. The van der Waals surface area contributed by atoms with Crippen molar-refractivity contribution < 1.29 is 4.79 Å². The van der Waals surface area contributed by atoms with E-state index in [4.69, 9.17) is 0 Å². The molecule has 40 heavy (non-hydrogen) atoms. The Kier molecular flexibility index (Phi) is 21.2. The van der Waals surface area contributed by atoms with Gasteiger partial charge in [-0.3, -0.25) is 0 Å². The average molecular weight is 564 g/mol. The van der Waals surface area contributed by atoms with Crippen LogP contribution in [-0.2, 0) is 0 Å². The molecule has 4 nitrogen and oxygen atoms in total. The molecule has 1 aliphatic carbocycles. The Morgan fingerprint density at radius 2 is 1.18 bits per heavy atom. The van der Waals surface area contributed by atoms with E-state index in [2.05, 4.69) is 57.5 Å². The Labute approximate surface area is 251 Å². The summed E-state index contributed by atoms with van der Waals surface area (Å²) in [5, 5.41) is 9.83. The highest BCUT2D eigenvalue weighted by Gasteiger charge is 2.42. The highest BCUT2D eigenvalue weighted by molar-refractivity contribution is 5.73. The van der Waals surface area contributed by atoms with E-state index in [0.717, 1.165) is 44.4 Å². The summed E-state index contributed by atoms with van der Waals surface area (Å²) in [5.74, 6) is 1.53. The maximum absolute atomic E-state index is 12.4. The van der Waals surface area contributed by atoms with Crippen molar-refractivity contribution >= 4 is 6.03 Å². The van der Waals surface area contributed by atoms with Crippen molar-refractivity contribution in [2.75, 3.05) is 26.2 Å². The Bertz CT molecular complexity index is 607. The molecule has 3 N–H and O–H groups in total. The zero-order chi connectivity index (χ0) is 29.5. The summed E-state index contributed by atoms with van der Waals surface area (Å²) in [7, 11) is 0. The van der Waals surface area contributed by atoms with Gasteiger partial charge in [-0.2, -0.15) is 0 Å². The van der Waals surface area contributed by atoms with E-state index in [-0.39, 0.29) is 11.4 Å². The summed E-state index contributed by atoms with van der Waals surface area (Å²) >= 11 is 0. The highest BCUT2D eigenvalue weighted by Crippen LogP contribution is 2.50. The van der Waals surface area contributed by atoms with Gasteiger partial charge in [0.05, 0.1) is 0 Å². The van der Waals surface area contributed by atoms with E-state index < -0.39 is 0 Å². The summed E-state index contributed by atoms with van der Waals surface area (Å²) in [6.07, 6.45) is 28.7. The van der Waals surface area contributed by atoms with Gasteiger partial charge in [0.15, 0.2) is 0 Å². The second kappa shape index (κ2) is 22.8. The molecule has 3 atom stereocenters. The smallest absolute Gasteiger partial charge is 0.314 e. The van der Waals surface area contributed by atoms with Crippen molar-refractivity contribution in [3.63, 3.8) is 0 Å². The molecule has 3 unspecified atom stereocenters. The SMILES string of the molecule is CCCCCCCCCCCCCCCCCCNCCCNC(=O)NCC1(C)CC(C(C)CC)CC(C)(C)C1. The van der Waals surface area contributed by atoms with Crippen LogP contribution in [0.1, 0.15) is 176 Å². The monoisotopic (exact) mass is 564 g/mol. The van der Waals surface area contributed by atoms with Crippen LogP contribution >= 0.6 is 0 Å². The van der Waals surface area contributed by atoms with Gasteiger partial charge < -0.3 is 16.0 Å². The summed E-state index contributed by atoms with van der Waals surface area (Å²) in [6.45, 7) is 17.8. The van der Waals surface area contributed by atoms with Gasteiger partial charge in [-0.1, -0.05) is 144 Å². The molecule has 238 valence electrons. The summed E-state index contributed by atoms with van der Waals surface area (Å²) in [4.78, 5) is 12.4. The third-order valence-electron chi connectivity index (χ3n) is 9.62. The average Bonchev–Trinajstić information content (AvgIpc) is 2.91. The number of unbranched alkanes of at least 4 members (excludes halogenated alkanes) is 15. The van der Waals surface area contributed by atoms with Crippen molar-refractivity contribution in [3.8, 4) is 0 Å². The van der Waals surface area contributed by atoms with Crippen LogP contribution in [0.4, 0.5) is 4.79 Å². The van der Waals surface area contributed by atoms with Crippen LogP contribution in [0.5, 0.6) is 0 Å². The van der Waals surface area contributed by atoms with Gasteiger partial charge in [-0.25, -0.2) is 4.79 Å². The number of hydrogen-bond donors (Lipinski definition) is 3. The van der Waals surface area contributed by atoms with Crippen molar-refractivity contribution in [2.45, 2.75) is 176 Å². The fourth-order valence-electron chi connectivity index (χ4n) is 7.28. The van der Waals surface area contributed by atoms with Gasteiger partial charge in [-0.15, -0.1) is 0 Å². The van der Waals surface area contributed by atoms with Gasteiger partial charge in [-0.05, 0) is 67.9 Å². The van der Waals surface area contributed by atoms with Crippen LogP contribution in [0.3, 0.4) is 0 Å². The molecule has 1 saturated carbocycles. The number of hydrogen-bond acceptors (Lipinski definition) is 2. The predicted molar refractivity (Wildman–Crippen MR) is 177 cm³/mol. The van der Waals surface area contributed by atoms with Crippen LogP contribution < -0.4 is 16.0 Å². The van der Waals surface area contributed by atoms with Crippen molar-refractivity contribution in [1.29, 1.82) is 0 Å². The quantitative estimate of drug-likeness (QED) is 0.0968. The lowest BCUT2D eigenvalue weighted by atomic mass is 9.58. The standard InChI is InChI=1S/C36H73N3O/c1-7-9-10-11-12-13-14-15-16-17-18-19-20-21-22-23-25-37-26-24-27-38-34(40)39-31-36(6)29-33(32(3)8-2)28-35(4,5)30-36/h32-33,37H,7-31H2,1-6H3,(H2,38,39,40). The molecule has 0 heterocycles. The number of amides is 2. The van der Waals surface area contributed by atoms with Crippen LogP contribution in [0, 0.1) is 22.7 Å². The number of nitrogens with one attached hydrogen (secondary N) is 3. The van der Waals surface area contributed by atoms with Crippen LogP contribution in [0.25, 0.3) is 0 Å². The fraction of sp³-hybridized carbons (Fsp3) is 0.972. The van der Waals surface area contributed by atoms with Gasteiger partial charge in [0.1, 0.15) is 0 Å². The highest BCUT2D eigenvalue weighted by atomic mass is 16.2. The molecule has 0 aromatic rings. The van der Waals surface area contributed by atoms with E-state index in [1.807, 2.05) is 0 Å². The van der Waals surface area contributed by atoms with E-state index in [1.54, 1.807) is 0 Å². The molecule has 2 amide bonds. The maximum Gasteiger partial charge on any atom is 0.314 e. The van der Waals surface area contributed by atoms with Crippen molar-refractivity contribution in [2.24, 2.45) is 22.7 Å². The number of urea groups is 1. The van der Waals surface area contributed by atoms with Crippen LogP contribution in [0.15, 0.2) is 0 Å². The van der Waals surface area contributed by atoms with Gasteiger partial charge >= 0.3 is 6.03 Å². The largest absolute Gasteiger partial charge is 0.338 e. The molecule has 0 spiro atoms. The number of carbonyl (C=O) groups is 1. The zero-order valence-corrected chi connectivity index (χ0v) is 28.2. The first kappa shape index (κ1) is 37.3. The lowest BCUT2D eigenvalue weighted by molar-refractivity contribution is 0.0323. The maximum atomic E-state index is 12.4. The molecule has 0 radical (unpaired) electrons. The van der Waals surface area contributed by atoms with Crippen molar-refractivity contribution in [1.82, 2.24) is 16.0 Å². The van der Waals surface area contributed by atoms with Crippen molar-refractivity contribution in [3.05, 3.63) is 0 Å². The molecule has 0 aromatic heterocycles. The second-order valence-electron chi connectivity index (χ2n) is 14.7. The van der Waals surface area contributed by atoms with E-state index in [0.29, 0.717) is 5.41 Å². The first-order chi connectivity index (χ1) is 19.2.